The monoisotopic (exact) mass is 257 g/mol. The predicted molar refractivity (Wildman–Crippen MR) is 83.3 cm³/mol. The van der Waals surface area contributed by atoms with E-state index in [0.29, 0.717) is 6.04 Å². The van der Waals surface area contributed by atoms with E-state index in [4.69, 9.17) is 5.73 Å². The molecule has 2 rings (SSSR count). The van der Waals surface area contributed by atoms with Gasteiger partial charge in [0.2, 0.25) is 0 Å². The van der Waals surface area contributed by atoms with Crippen molar-refractivity contribution < 1.29 is 0 Å². The van der Waals surface area contributed by atoms with E-state index in [9.17, 15) is 0 Å². The molecule has 0 saturated carbocycles. The largest absolute Gasteiger partial charge is 0.397 e. The molecule has 102 valence electrons. The maximum absolute atomic E-state index is 6.23. The topological polar surface area (TPSA) is 50.9 Å². The van der Waals surface area contributed by atoms with Crippen LogP contribution in [-0.4, -0.2) is 11.0 Å². The number of nitrogen functional groups attached to an aromatic ring is 1. The molecule has 3 heteroatoms. The molecule has 0 amide bonds. The van der Waals surface area contributed by atoms with Gasteiger partial charge in [0.15, 0.2) is 0 Å². The fourth-order valence-electron chi connectivity index (χ4n) is 2.40. The van der Waals surface area contributed by atoms with Gasteiger partial charge in [-0.15, -0.1) is 0 Å². The van der Waals surface area contributed by atoms with E-state index >= 15 is 0 Å². The lowest BCUT2D eigenvalue weighted by atomic mass is 10.00. The Balaban J connectivity index is 2.19. The van der Waals surface area contributed by atoms with Crippen LogP contribution >= 0.6 is 0 Å². The molecule has 0 bridgehead atoms. The molecular formula is C16H23N3. The minimum Gasteiger partial charge on any atom is -0.397 e. The van der Waals surface area contributed by atoms with Gasteiger partial charge >= 0.3 is 0 Å². The van der Waals surface area contributed by atoms with Crippen LogP contribution in [0.5, 0.6) is 0 Å². The van der Waals surface area contributed by atoms with E-state index in [1.54, 1.807) is 6.20 Å². The van der Waals surface area contributed by atoms with Gasteiger partial charge < -0.3 is 11.1 Å². The zero-order chi connectivity index (χ0) is 13.8. The highest BCUT2D eigenvalue weighted by Crippen LogP contribution is 2.28. The summed E-state index contributed by atoms with van der Waals surface area (Å²) in [4.78, 5) is 4.32. The van der Waals surface area contributed by atoms with Gasteiger partial charge in [0.25, 0.3) is 0 Å². The first-order valence-electron chi connectivity index (χ1n) is 7.01. The molecule has 1 heterocycles. The first-order valence-corrected chi connectivity index (χ1v) is 7.01. The van der Waals surface area contributed by atoms with Crippen molar-refractivity contribution in [2.24, 2.45) is 5.92 Å². The molecule has 3 nitrogen and oxygen atoms in total. The number of hydrogen-bond acceptors (Lipinski definition) is 3. The van der Waals surface area contributed by atoms with Crippen LogP contribution in [0.25, 0.3) is 10.9 Å². The third kappa shape index (κ3) is 3.16. The molecule has 2 unspecified atom stereocenters. The molecule has 0 radical (unpaired) electrons. The quantitative estimate of drug-likeness (QED) is 0.794. The van der Waals surface area contributed by atoms with Crippen molar-refractivity contribution in [3.05, 3.63) is 30.5 Å². The van der Waals surface area contributed by atoms with E-state index in [2.05, 4.69) is 31.1 Å². The summed E-state index contributed by atoms with van der Waals surface area (Å²) in [5, 5.41) is 4.53. The normalized spacial score (nSPS) is 14.3. The van der Waals surface area contributed by atoms with Crippen molar-refractivity contribution in [3.8, 4) is 0 Å². The summed E-state index contributed by atoms with van der Waals surface area (Å²) >= 11 is 0. The van der Waals surface area contributed by atoms with E-state index in [-0.39, 0.29) is 0 Å². The Morgan fingerprint density at radius 3 is 2.79 bits per heavy atom. The third-order valence-electron chi connectivity index (χ3n) is 3.68. The van der Waals surface area contributed by atoms with Crippen molar-refractivity contribution in [1.29, 1.82) is 0 Å². The summed E-state index contributed by atoms with van der Waals surface area (Å²) in [5.41, 5.74) is 8.98. The summed E-state index contributed by atoms with van der Waals surface area (Å²) in [7, 11) is 0. The first-order chi connectivity index (χ1) is 9.11. The van der Waals surface area contributed by atoms with Crippen molar-refractivity contribution >= 4 is 22.3 Å². The average Bonchev–Trinajstić information content (AvgIpc) is 2.42. The Labute approximate surface area is 115 Å². The molecule has 1 aromatic heterocycles. The van der Waals surface area contributed by atoms with Gasteiger partial charge in [-0.2, -0.15) is 0 Å². The van der Waals surface area contributed by atoms with Gasteiger partial charge in [-0.1, -0.05) is 20.3 Å². The smallest absolute Gasteiger partial charge is 0.0724 e. The van der Waals surface area contributed by atoms with Crippen LogP contribution in [-0.2, 0) is 0 Å². The number of anilines is 2. The zero-order valence-electron chi connectivity index (χ0n) is 12.0. The van der Waals surface area contributed by atoms with Crippen LogP contribution < -0.4 is 11.1 Å². The van der Waals surface area contributed by atoms with Gasteiger partial charge in [0.05, 0.1) is 16.9 Å². The lowest BCUT2D eigenvalue weighted by molar-refractivity contribution is 0.484. The summed E-state index contributed by atoms with van der Waals surface area (Å²) in [6.07, 6.45) is 4.16. The van der Waals surface area contributed by atoms with E-state index in [1.807, 2.05) is 24.3 Å². The van der Waals surface area contributed by atoms with Gasteiger partial charge in [-0.05, 0) is 43.5 Å². The van der Waals surface area contributed by atoms with Gasteiger partial charge in [-0.3, -0.25) is 4.98 Å². The van der Waals surface area contributed by atoms with Crippen molar-refractivity contribution in [2.45, 2.75) is 39.7 Å². The summed E-state index contributed by atoms with van der Waals surface area (Å²) in [5.74, 6) is 0.728. The fraction of sp³-hybridized carbons (Fsp3) is 0.438. The van der Waals surface area contributed by atoms with Crippen molar-refractivity contribution in [1.82, 2.24) is 4.98 Å². The maximum Gasteiger partial charge on any atom is 0.0724 e. The van der Waals surface area contributed by atoms with Crippen molar-refractivity contribution in [2.75, 3.05) is 11.1 Å². The minimum absolute atomic E-state index is 0.423. The molecule has 0 aliphatic rings. The number of pyridine rings is 1. The van der Waals surface area contributed by atoms with E-state index in [0.717, 1.165) is 34.6 Å². The second kappa shape index (κ2) is 5.91. The zero-order valence-corrected chi connectivity index (χ0v) is 12.0. The highest BCUT2D eigenvalue weighted by Gasteiger charge is 2.10. The number of hydrogen-bond donors (Lipinski definition) is 2. The lowest BCUT2D eigenvalue weighted by Crippen LogP contribution is -2.19. The number of benzene rings is 1. The number of nitrogens with one attached hydrogen (secondary N) is 1. The fourth-order valence-corrected chi connectivity index (χ4v) is 2.40. The van der Waals surface area contributed by atoms with Crippen LogP contribution in [0.3, 0.4) is 0 Å². The highest BCUT2D eigenvalue weighted by atomic mass is 14.9. The lowest BCUT2D eigenvalue weighted by Gasteiger charge is -2.20. The Hall–Kier alpha value is -1.77. The molecule has 0 spiro atoms. The van der Waals surface area contributed by atoms with E-state index in [1.165, 1.54) is 6.42 Å². The van der Waals surface area contributed by atoms with Gasteiger partial charge in [0.1, 0.15) is 0 Å². The van der Waals surface area contributed by atoms with Gasteiger partial charge in [-0.25, -0.2) is 0 Å². The second-order valence-electron chi connectivity index (χ2n) is 5.39. The SMILES string of the molecule is CCC(C)CC(C)Nc1ccc2ncccc2c1N. The molecule has 0 fully saturated rings. The molecule has 0 aliphatic carbocycles. The number of nitrogens with two attached hydrogens (primary N) is 1. The van der Waals surface area contributed by atoms with Gasteiger partial charge in [0, 0.05) is 17.6 Å². The number of rotatable bonds is 5. The van der Waals surface area contributed by atoms with Crippen LogP contribution in [0.1, 0.15) is 33.6 Å². The summed E-state index contributed by atoms with van der Waals surface area (Å²) in [6.45, 7) is 6.72. The standard InChI is InChI=1S/C16H23N3/c1-4-11(2)10-12(3)19-15-8-7-14-13(16(15)17)6-5-9-18-14/h5-9,11-12,19H,4,10,17H2,1-3H3. The highest BCUT2D eigenvalue weighted by molar-refractivity contribution is 5.96. The van der Waals surface area contributed by atoms with Crippen LogP contribution in [0.15, 0.2) is 30.5 Å². The predicted octanol–water partition coefficient (Wildman–Crippen LogP) is 4.05. The van der Waals surface area contributed by atoms with E-state index < -0.39 is 0 Å². The molecule has 19 heavy (non-hydrogen) atoms. The Kier molecular flexibility index (Phi) is 4.25. The molecule has 0 aliphatic heterocycles. The minimum atomic E-state index is 0.423. The summed E-state index contributed by atoms with van der Waals surface area (Å²) < 4.78 is 0. The Bertz CT molecular complexity index is 551. The van der Waals surface area contributed by atoms with Crippen LogP contribution in [0.4, 0.5) is 11.4 Å². The summed E-state index contributed by atoms with van der Waals surface area (Å²) in [6, 6.07) is 8.40. The first kappa shape index (κ1) is 13.7. The van der Waals surface area contributed by atoms with Crippen molar-refractivity contribution in [3.63, 3.8) is 0 Å². The molecule has 2 aromatic rings. The third-order valence-corrected chi connectivity index (χ3v) is 3.68. The Morgan fingerprint density at radius 1 is 1.26 bits per heavy atom. The van der Waals surface area contributed by atoms with Crippen LogP contribution in [0.2, 0.25) is 0 Å². The number of fused-ring (bicyclic) bond motifs is 1. The second-order valence-corrected chi connectivity index (χ2v) is 5.39. The maximum atomic E-state index is 6.23. The average molecular weight is 257 g/mol. The molecule has 3 N–H and O–H groups in total. The molecule has 1 aromatic carbocycles. The number of nitrogens with zero attached hydrogens (tertiary/aromatic N) is 1. The Morgan fingerprint density at radius 2 is 2.05 bits per heavy atom. The molecule has 2 atom stereocenters. The van der Waals surface area contributed by atoms with Crippen LogP contribution in [0, 0.1) is 5.92 Å². The number of aromatic nitrogens is 1. The molecular weight excluding hydrogens is 234 g/mol. The molecule has 0 saturated heterocycles.